The summed E-state index contributed by atoms with van der Waals surface area (Å²) in [6, 6.07) is 10.2. The minimum absolute atomic E-state index is 0.170. The lowest BCUT2D eigenvalue weighted by Gasteiger charge is -2.33. The molecular formula is C25H31N3O4. The average Bonchev–Trinajstić information content (AvgIpc) is 3.38. The Labute approximate surface area is 189 Å². The van der Waals surface area contributed by atoms with Crippen molar-refractivity contribution in [1.29, 1.82) is 0 Å². The summed E-state index contributed by atoms with van der Waals surface area (Å²) in [5.41, 5.74) is 2.99. The first-order valence-corrected chi connectivity index (χ1v) is 11.6. The third kappa shape index (κ3) is 4.84. The van der Waals surface area contributed by atoms with E-state index in [1.807, 2.05) is 18.2 Å². The standard InChI is InChI=1S/C25H31N3O4/c1-18-16-21(18)24-6-3-20(32-24)4-7-25(29)26-22-5-2-19(27-8-12-30-13-9-27)17-23(22)28-10-14-31-15-11-28/h2-7,17-18,21H,8-16H2,1H3,(H,26,29)/b7-4+. The maximum absolute atomic E-state index is 12.7. The third-order valence-electron chi connectivity index (χ3n) is 6.49. The fraction of sp³-hybridized carbons (Fsp3) is 0.480. The number of nitrogens with one attached hydrogen (secondary N) is 1. The van der Waals surface area contributed by atoms with Gasteiger partial charge in [-0.25, -0.2) is 0 Å². The van der Waals surface area contributed by atoms with Gasteiger partial charge >= 0.3 is 0 Å². The summed E-state index contributed by atoms with van der Waals surface area (Å²) in [5, 5.41) is 3.06. The largest absolute Gasteiger partial charge is 0.461 e. The van der Waals surface area contributed by atoms with Gasteiger partial charge in [-0.3, -0.25) is 4.79 Å². The van der Waals surface area contributed by atoms with Crippen molar-refractivity contribution in [3.05, 3.63) is 47.9 Å². The normalized spacial score (nSPS) is 23.5. The Morgan fingerprint density at radius 1 is 1.00 bits per heavy atom. The van der Waals surface area contributed by atoms with Gasteiger partial charge in [0.25, 0.3) is 0 Å². The van der Waals surface area contributed by atoms with Gasteiger partial charge in [0.05, 0.1) is 37.8 Å². The number of anilines is 3. The number of amides is 1. The summed E-state index contributed by atoms with van der Waals surface area (Å²) in [5.74, 6) is 2.79. The second-order valence-corrected chi connectivity index (χ2v) is 8.78. The molecule has 1 amide bonds. The van der Waals surface area contributed by atoms with E-state index < -0.39 is 0 Å². The lowest BCUT2D eigenvalue weighted by molar-refractivity contribution is -0.111. The molecule has 2 saturated heterocycles. The summed E-state index contributed by atoms with van der Waals surface area (Å²) in [6.45, 7) is 8.45. The maximum atomic E-state index is 12.7. The molecular weight excluding hydrogens is 406 g/mol. The lowest BCUT2D eigenvalue weighted by Crippen LogP contribution is -2.38. The number of benzene rings is 1. The molecule has 1 aliphatic carbocycles. The molecule has 7 heteroatoms. The number of rotatable bonds is 6. The molecule has 3 fully saturated rings. The minimum Gasteiger partial charge on any atom is -0.461 e. The summed E-state index contributed by atoms with van der Waals surface area (Å²) >= 11 is 0. The van der Waals surface area contributed by atoms with Gasteiger partial charge in [0.1, 0.15) is 11.5 Å². The Kier molecular flexibility index (Phi) is 6.19. The number of furan rings is 1. The predicted octanol–water partition coefficient (Wildman–Crippen LogP) is 3.73. The van der Waals surface area contributed by atoms with Crippen LogP contribution in [0.25, 0.3) is 6.08 Å². The van der Waals surface area contributed by atoms with Crippen molar-refractivity contribution in [1.82, 2.24) is 0 Å². The molecule has 2 atom stereocenters. The zero-order valence-electron chi connectivity index (χ0n) is 18.6. The molecule has 3 aliphatic rings. The van der Waals surface area contributed by atoms with E-state index in [2.05, 4.69) is 34.2 Å². The van der Waals surface area contributed by atoms with Crippen molar-refractivity contribution in [2.24, 2.45) is 5.92 Å². The molecule has 0 radical (unpaired) electrons. The Balaban J connectivity index is 1.30. The first kappa shape index (κ1) is 21.1. The molecule has 0 bridgehead atoms. The highest BCUT2D eigenvalue weighted by Gasteiger charge is 2.36. The van der Waals surface area contributed by atoms with Crippen LogP contribution in [-0.4, -0.2) is 58.5 Å². The molecule has 1 N–H and O–H groups in total. The lowest BCUT2D eigenvalue weighted by atomic mass is 10.1. The minimum atomic E-state index is -0.170. The van der Waals surface area contributed by atoms with E-state index in [9.17, 15) is 4.79 Å². The number of morpholine rings is 2. The van der Waals surface area contributed by atoms with Gasteiger partial charge in [-0.2, -0.15) is 0 Å². The van der Waals surface area contributed by atoms with Crippen LogP contribution in [0.5, 0.6) is 0 Å². The van der Waals surface area contributed by atoms with Gasteiger partial charge in [0.15, 0.2) is 0 Å². The van der Waals surface area contributed by atoms with Crippen LogP contribution in [0.4, 0.5) is 17.1 Å². The molecule has 2 aromatic rings. The van der Waals surface area contributed by atoms with Crippen LogP contribution in [-0.2, 0) is 14.3 Å². The number of ether oxygens (including phenoxy) is 2. The maximum Gasteiger partial charge on any atom is 0.248 e. The monoisotopic (exact) mass is 437 g/mol. The highest BCUT2D eigenvalue weighted by Crippen LogP contribution is 2.47. The topological polar surface area (TPSA) is 67.2 Å². The number of carbonyl (C=O) groups is 1. The third-order valence-corrected chi connectivity index (χ3v) is 6.49. The van der Waals surface area contributed by atoms with Crippen LogP contribution in [0.3, 0.4) is 0 Å². The number of carbonyl (C=O) groups excluding carboxylic acids is 1. The van der Waals surface area contributed by atoms with Gasteiger partial charge < -0.3 is 29.0 Å². The Morgan fingerprint density at radius 2 is 1.69 bits per heavy atom. The quantitative estimate of drug-likeness (QED) is 0.695. The van der Waals surface area contributed by atoms with E-state index in [1.54, 1.807) is 6.08 Å². The number of nitrogens with zero attached hydrogens (tertiary/aromatic N) is 2. The van der Waals surface area contributed by atoms with Crippen LogP contribution >= 0.6 is 0 Å². The van der Waals surface area contributed by atoms with E-state index >= 15 is 0 Å². The Bertz CT molecular complexity index is 973. The zero-order valence-corrected chi connectivity index (χ0v) is 18.6. The van der Waals surface area contributed by atoms with Crippen LogP contribution < -0.4 is 15.1 Å². The fourth-order valence-corrected chi connectivity index (χ4v) is 4.42. The van der Waals surface area contributed by atoms with Crippen molar-refractivity contribution in [2.45, 2.75) is 19.3 Å². The Morgan fingerprint density at radius 3 is 2.38 bits per heavy atom. The van der Waals surface area contributed by atoms with E-state index in [1.165, 1.54) is 12.5 Å². The molecule has 1 saturated carbocycles. The molecule has 2 unspecified atom stereocenters. The fourth-order valence-electron chi connectivity index (χ4n) is 4.42. The first-order chi connectivity index (χ1) is 15.7. The van der Waals surface area contributed by atoms with Gasteiger partial charge in [0.2, 0.25) is 5.91 Å². The Hall–Kier alpha value is -2.77. The highest BCUT2D eigenvalue weighted by molar-refractivity contribution is 6.04. The smallest absolute Gasteiger partial charge is 0.248 e. The predicted molar refractivity (Wildman–Crippen MR) is 125 cm³/mol. The molecule has 2 aliphatic heterocycles. The molecule has 32 heavy (non-hydrogen) atoms. The summed E-state index contributed by atoms with van der Waals surface area (Å²) in [7, 11) is 0. The molecule has 7 nitrogen and oxygen atoms in total. The van der Waals surface area contributed by atoms with E-state index in [4.69, 9.17) is 13.9 Å². The van der Waals surface area contributed by atoms with Crippen LogP contribution in [0.2, 0.25) is 0 Å². The van der Waals surface area contributed by atoms with E-state index in [0.29, 0.717) is 30.8 Å². The van der Waals surface area contributed by atoms with Crippen LogP contribution in [0.15, 0.2) is 40.8 Å². The van der Waals surface area contributed by atoms with E-state index in [-0.39, 0.29) is 5.91 Å². The summed E-state index contributed by atoms with van der Waals surface area (Å²) in [4.78, 5) is 17.3. The van der Waals surface area contributed by atoms with Crippen LogP contribution in [0.1, 0.15) is 30.8 Å². The highest BCUT2D eigenvalue weighted by atomic mass is 16.5. The average molecular weight is 438 g/mol. The van der Waals surface area contributed by atoms with Gasteiger partial charge in [-0.05, 0) is 48.7 Å². The van der Waals surface area contributed by atoms with Gasteiger partial charge in [-0.15, -0.1) is 0 Å². The summed E-state index contributed by atoms with van der Waals surface area (Å²) < 4.78 is 16.9. The van der Waals surface area contributed by atoms with Crippen molar-refractivity contribution < 1.29 is 18.7 Å². The van der Waals surface area contributed by atoms with Gasteiger partial charge in [0, 0.05) is 43.9 Å². The zero-order chi connectivity index (χ0) is 21.9. The summed E-state index contributed by atoms with van der Waals surface area (Å²) in [6.07, 6.45) is 4.46. The number of hydrogen-bond acceptors (Lipinski definition) is 6. The second-order valence-electron chi connectivity index (χ2n) is 8.78. The molecule has 5 rings (SSSR count). The van der Waals surface area contributed by atoms with E-state index in [0.717, 1.165) is 62.2 Å². The molecule has 1 aromatic heterocycles. The van der Waals surface area contributed by atoms with Crippen molar-refractivity contribution >= 4 is 29.0 Å². The van der Waals surface area contributed by atoms with Gasteiger partial charge in [-0.1, -0.05) is 6.92 Å². The van der Waals surface area contributed by atoms with Crippen molar-refractivity contribution in [3.63, 3.8) is 0 Å². The SMILES string of the molecule is CC1CC1c1ccc(/C=C/C(=O)Nc2ccc(N3CCOCC3)cc2N2CCOCC2)o1. The molecule has 0 spiro atoms. The molecule has 170 valence electrons. The molecule has 3 heterocycles. The first-order valence-electron chi connectivity index (χ1n) is 11.6. The molecule has 1 aromatic carbocycles. The second kappa shape index (κ2) is 9.38. The van der Waals surface area contributed by atoms with Crippen LogP contribution in [0, 0.1) is 5.92 Å². The van der Waals surface area contributed by atoms with Crippen molar-refractivity contribution in [2.75, 3.05) is 67.7 Å². The van der Waals surface area contributed by atoms with Crippen molar-refractivity contribution in [3.8, 4) is 0 Å². The number of hydrogen-bond donors (Lipinski definition) is 1.